The van der Waals surface area contributed by atoms with Gasteiger partial charge < -0.3 is 0 Å². The number of hydrazone groups is 1. The maximum Gasteiger partial charge on any atom is 0.200 e. The molecule has 1 rings (SSSR count). The van der Waals surface area contributed by atoms with Crippen molar-refractivity contribution < 1.29 is 4.68 Å². The van der Waals surface area contributed by atoms with E-state index in [0.29, 0.717) is 0 Å². The van der Waals surface area contributed by atoms with E-state index in [9.17, 15) is 0 Å². The zero-order valence-electron chi connectivity index (χ0n) is 8.49. The van der Waals surface area contributed by atoms with Gasteiger partial charge in [0.05, 0.1) is 0 Å². The molecule has 0 aliphatic rings. The maximum atomic E-state index is 5.86. The Morgan fingerprint density at radius 2 is 1.69 bits per heavy atom. The van der Waals surface area contributed by atoms with Crippen molar-refractivity contribution in [1.29, 1.82) is 0 Å². The second-order valence-corrected chi connectivity index (χ2v) is 4.12. The minimum absolute atomic E-state index is 0.0319. The number of nitrogens with two attached hydrogens (primary N) is 1. The van der Waals surface area contributed by atoms with Crippen molar-refractivity contribution in [1.82, 2.24) is 0 Å². The zero-order valence-corrected chi connectivity index (χ0v) is 8.49. The van der Waals surface area contributed by atoms with Crippen LogP contribution in [0.2, 0.25) is 0 Å². The normalized spacial score (nSPS) is 13.0. The average molecular weight is 177 g/mol. The first kappa shape index (κ1) is 9.78. The van der Waals surface area contributed by atoms with Crippen molar-refractivity contribution in [2.75, 3.05) is 0 Å². The fourth-order valence-corrected chi connectivity index (χ4v) is 0.893. The minimum atomic E-state index is -0.0319. The third kappa shape index (κ3) is 2.90. The van der Waals surface area contributed by atoms with Gasteiger partial charge in [-0.3, -0.25) is 0 Å². The van der Waals surface area contributed by atoms with Gasteiger partial charge in [-0.15, -0.1) is 4.68 Å². The van der Waals surface area contributed by atoms with Crippen molar-refractivity contribution in [2.45, 2.75) is 26.3 Å². The summed E-state index contributed by atoms with van der Waals surface area (Å²) in [5.74, 6) is 5.86. The molecule has 0 aliphatic heterocycles. The summed E-state index contributed by atoms with van der Waals surface area (Å²) in [4.78, 5) is 0. The van der Waals surface area contributed by atoms with E-state index < -0.39 is 0 Å². The van der Waals surface area contributed by atoms with E-state index in [2.05, 4.69) is 20.8 Å². The first-order chi connectivity index (χ1) is 6.00. The van der Waals surface area contributed by atoms with Crippen LogP contribution in [0.4, 0.5) is 0 Å². The lowest BCUT2D eigenvalue weighted by molar-refractivity contribution is -0.603. The van der Waals surface area contributed by atoms with Crippen molar-refractivity contribution in [3.8, 4) is 0 Å². The molecule has 0 aromatic heterocycles. The summed E-state index contributed by atoms with van der Waals surface area (Å²) >= 11 is 0. The summed E-state index contributed by atoms with van der Waals surface area (Å²) in [5.41, 5.74) is 1.09. The van der Waals surface area contributed by atoms with Gasteiger partial charge in [0, 0.05) is 26.3 Å². The summed E-state index contributed by atoms with van der Waals surface area (Å²) in [5, 5.41) is 0. The number of hydrogen-bond acceptors (Lipinski definition) is 1. The molecule has 70 valence electrons. The molecule has 0 amide bonds. The quantitative estimate of drug-likeness (QED) is 0.301. The maximum absolute atomic E-state index is 5.86. The van der Waals surface area contributed by atoms with Crippen LogP contribution in [0.1, 0.15) is 26.3 Å². The lowest BCUT2D eigenvalue weighted by Gasteiger charge is -2.11. The molecule has 0 heterocycles. The Labute approximate surface area is 79.7 Å². The number of rotatable bonds is 1. The Morgan fingerprint density at radius 1 is 1.15 bits per heavy atom. The molecule has 0 aliphatic carbocycles. The van der Waals surface area contributed by atoms with Crippen LogP contribution in [-0.4, -0.2) is 16.4 Å². The van der Waals surface area contributed by atoms with Gasteiger partial charge >= 0.3 is 0 Å². The largest absolute Gasteiger partial charge is 0.210 e. The minimum Gasteiger partial charge on any atom is -0.210 e. The Kier molecular flexibility index (Phi) is 2.71. The van der Waals surface area contributed by atoms with Crippen LogP contribution in [0.15, 0.2) is 30.3 Å². The SMILES string of the molecule is CC(C)(C)[N+](N)=Cc1ccccc1. The lowest BCUT2D eigenvalue weighted by atomic mass is 10.1. The number of nitrogens with zero attached hydrogens (tertiary/aromatic N) is 1. The van der Waals surface area contributed by atoms with Gasteiger partial charge in [0.2, 0.25) is 6.21 Å². The molecular formula is C11H17N2+. The monoisotopic (exact) mass is 177 g/mol. The molecule has 0 saturated heterocycles. The Bertz CT molecular complexity index is 294. The van der Waals surface area contributed by atoms with Crippen LogP contribution in [-0.2, 0) is 0 Å². The topological polar surface area (TPSA) is 29.0 Å². The van der Waals surface area contributed by atoms with Crippen LogP contribution in [0.25, 0.3) is 0 Å². The Morgan fingerprint density at radius 3 is 2.15 bits per heavy atom. The predicted octanol–water partition coefficient (Wildman–Crippen LogP) is 1.79. The molecule has 1 aromatic carbocycles. The molecule has 1 aromatic rings. The molecule has 2 N–H and O–H groups in total. The Balaban J connectivity index is 2.90. The van der Waals surface area contributed by atoms with Gasteiger partial charge in [0.15, 0.2) is 5.54 Å². The van der Waals surface area contributed by atoms with Gasteiger partial charge in [-0.25, -0.2) is 5.84 Å². The van der Waals surface area contributed by atoms with E-state index in [1.807, 2.05) is 36.5 Å². The zero-order chi connectivity index (χ0) is 9.90. The van der Waals surface area contributed by atoms with Gasteiger partial charge in [-0.1, -0.05) is 18.2 Å². The first-order valence-electron chi connectivity index (χ1n) is 4.44. The summed E-state index contributed by atoms with van der Waals surface area (Å²) < 4.78 is 1.72. The molecule has 0 spiro atoms. The van der Waals surface area contributed by atoms with Crippen molar-refractivity contribution in [2.24, 2.45) is 5.84 Å². The van der Waals surface area contributed by atoms with Gasteiger partial charge in [0.1, 0.15) is 0 Å². The van der Waals surface area contributed by atoms with E-state index in [4.69, 9.17) is 5.84 Å². The second kappa shape index (κ2) is 3.60. The molecular weight excluding hydrogens is 160 g/mol. The number of hydrogen-bond donors (Lipinski definition) is 1. The fourth-order valence-electron chi connectivity index (χ4n) is 0.893. The highest BCUT2D eigenvalue weighted by atomic mass is 15.3. The number of hydrazine groups is 1. The van der Waals surface area contributed by atoms with Crippen molar-refractivity contribution >= 4 is 6.21 Å². The van der Waals surface area contributed by atoms with Crippen molar-refractivity contribution in [3.05, 3.63) is 35.9 Å². The molecule has 13 heavy (non-hydrogen) atoms. The molecule has 0 atom stereocenters. The van der Waals surface area contributed by atoms with Crippen molar-refractivity contribution in [3.63, 3.8) is 0 Å². The molecule has 0 saturated carbocycles. The van der Waals surface area contributed by atoms with Gasteiger partial charge in [0.25, 0.3) is 0 Å². The highest BCUT2D eigenvalue weighted by Gasteiger charge is 2.21. The van der Waals surface area contributed by atoms with Crippen LogP contribution in [0.5, 0.6) is 0 Å². The highest BCUT2D eigenvalue weighted by Crippen LogP contribution is 2.03. The van der Waals surface area contributed by atoms with Gasteiger partial charge in [-0.2, -0.15) is 0 Å². The first-order valence-corrected chi connectivity index (χ1v) is 4.44. The molecule has 2 nitrogen and oxygen atoms in total. The fraction of sp³-hybridized carbons (Fsp3) is 0.364. The summed E-state index contributed by atoms with van der Waals surface area (Å²) in [6, 6.07) is 10.1. The highest BCUT2D eigenvalue weighted by molar-refractivity contribution is 5.75. The second-order valence-electron chi connectivity index (χ2n) is 4.12. The van der Waals surface area contributed by atoms with E-state index in [-0.39, 0.29) is 5.54 Å². The van der Waals surface area contributed by atoms with Crippen LogP contribution in [0, 0.1) is 0 Å². The van der Waals surface area contributed by atoms with E-state index in [1.54, 1.807) is 4.68 Å². The third-order valence-corrected chi connectivity index (χ3v) is 1.86. The molecule has 0 fully saturated rings. The third-order valence-electron chi connectivity index (χ3n) is 1.86. The Hall–Kier alpha value is -1.31. The summed E-state index contributed by atoms with van der Waals surface area (Å²) in [6.07, 6.45) is 1.94. The molecule has 2 heteroatoms. The standard InChI is InChI=1S/C11H17N2/c1-11(2,3)13(12)9-10-7-5-4-6-8-10/h4-9H,12H2,1-3H3/q+1. The average Bonchev–Trinajstić information content (AvgIpc) is 2.04. The number of benzene rings is 1. The van der Waals surface area contributed by atoms with Gasteiger partial charge in [-0.05, 0) is 12.1 Å². The van der Waals surface area contributed by atoms with E-state index in [1.165, 1.54) is 0 Å². The summed E-state index contributed by atoms with van der Waals surface area (Å²) in [7, 11) is 0. The van der Waals surface area contributed by atoms with E-state index in [0.717, 1.165) is 5.56 Å². The van der Waals surface area contributed by atoms with Crippen LogP contribution >= 0.6 is 0 Å². The molecule has 0 bridgehead atoms. The lowest BCUT2D eigenvalue weighted by Crippen LogP contribution is -2.39. The van der Waals surface area contributed by atoms with Crippen LogP contribution < -0.4 is 5.84 Å². The summed E-state index contributed by atoms with van der Waals surface area (Å²) in [6.45, 7) is 6.23. The molecule has 0 radical (unpaired) electrons. The van der Waals surface area contributed by atoms with Crippen LogP contribution in [0.3, 0.4) is 0 Å². The molecule has 0 unspecified atom stereocenters. The predicted molar refractivity (Wildman–Crippen MR) is 55.8 cm³/mol. The smallest absolute Gasteiger partial charge is 0.200 e. The van der Waals surface area contributed by atoms with E-state index >= 15 is 0 Å².